The molecule has 0 bridgehead atoms. The van der Waals surface area contributed by atoms with Gasteiger partial charge < -0.3 is 15.0 Å². The molecule has 6 nitrogen and oxygen atoms in total. The summed E-state index contributed by atoms with van der Waals surface area (Å²) < 4.78 is 5.63. The molecule has 2 amide bonds. The predicted molar refractivity (Wildman–Crippen MR) is 108 cm³/mol. The van der Waals surface area contributed by atoms with Gasteiger partial charge >= 0.3 is 0 Å². The van der Waals surface area contributed by atoms with Gasteiger partial charge in [0.1, 0.15) is 11.6 Å². The highest BCUT2D eigenvalue weighted by molar-refractivity contribution is 5.92. The summed E-state index contributed by atoms with van der Waals surface area (Å²) in [5.74, 6) is 1.46. The Morgan fingerprint density at radius 2 is 1.93 bits per heavy atom. The van der Waals surface area contributed by atoms with Gasteiger partial charge in [-0.3, -0.25) is 9.59 Å². The predicted octanol–water partition coefficient (Wildman–Crippen LogP) is 3.43. The number of rotatable bonds is 7. The number of ether oxygens (including phenoxy) is 1. The number of benzene rings is 1. The molecule has 1 aromatic carbocycles. The number of carbonyl (C=O) groups is 2. The van der Waals surface area contributed by atoms with Crippen LogP contribution in [0.25, 0.3) is 0 Å². The number of likely N-dealkylation sites (tertiary alicyclic amines) is 1. The zero-order valence-electron chi connectivity index (χ0n) is 16.3. The first-order chi connectivity index (χ1) is 13.6. The van der Waals surface area contributed by atoms with E-state index in [2.05, 4.69) is 10.3 Å². The first-order valence-corrected chi connectivity index (χ1v) is 9.81. The molecule has 1 fully saturated rings. The van der Waals surface area contributed by atoms with Crippen molar-refractivity contribution in [2.24, 2.45) is 5.92 Å². The Morgan fingerprint density at radius 3 is 2.64 bits per heavy atom. The van der Waals surface area contributed by atoms with E-state index < -0.39 is 0 Å². The highest BCUT2D eigenvalue weighted by Gasteiger charge is 2.27. The lowest BCUT2D eigenvalue weighted by atomic mass is 9.95. The van der Waals surface area contributed by atoms with Crippen molar-refractivity contribution in [2.45, 2.75) is 32.6 Å². The molecule has 1 saturated heterocycles. The lowest BCUT2D eigenvalue weighted by molar-refractivity contribution is -0.134. The Balaban J connectivity index is 1.36. The number of aryl methyl sites for hydroxylation is 1. The average molecular weight is 381 g/mol. The molecule has 0 radical (unpaired) electrons. The quantitative estimate of drug-likeness (QED) is 0.746. The summed E-state index contributed by atoms with van der Waals surface area (Å²) in [6.45, 7) is 3.74. The van der Waals surface area contributed by atoms with Crippen LogP contribution in [0.5, 0.6) is 5.75 Å². The number of nitrogens with zero attached hydrogens (tertiary/aromatic N) is 2. The van der Waals surface area contributed by atoms with Gasteiger partial charge in [0.25, 0.3) is 0 Å². The zero-order chi connectivity index (χ0) is 19.8. The largest absolute Gasteiger partial charge is 0.494 e. The molecule has 28 heavy (non-hydrogen) atoms. The van der Waals surface area contributed by atoms with E-state index >= 15 is 0 Å². The van der Waals surface area contributed by atoms with Crippen LogP contribution in [0, 0.1) is 12.8 Å². The van der Waals surface area contributed by atoms with Gasteiger partial charge in [-0.15, -0.1) is 0 Å². The van der Waals surface area contributed by atoms with Crippen LogP contribution < -0.4 is 10.1 Å². The third kappa shape index (κ3) is 5.81. The molecule has 0 atom stereocenters. The SMILES string of the molecule is Cc1ccnc(NC(=O)C2CCN(C(=O)CCCOc3ccccc3)CC2)c1. The number of hydrogen-bond acceptors (Lipinski definition) is 4. The maximum absolute atomic E-state index is 12.4. The van der Waals surface area contributed by atoms with Crippen LogP contribution in [0.4, 0.5) is 5.82 Å². The van der Waals surface area contributed by atoms with Crippen LogP contribution in [0.1, 0.15) is 31.2 Å². The van der Waals surface area contributed by atoms with Gasteiger partial charge in [0, 0.05) is 31.6 Å². The lowest BCUT2D eigenvalue weighted by Gasteiger charge is -2.31. The maximum atomic E-state index is 12.4. The van der Waals surface area contributed by atoms with Crippen molar-refractivity contribution in [3.05, 3.63) is 54.2 Å². The van der Waals surface area contributed by atoms with Crippen LogP contribution in [0.2, 0.25) is 0 Å². The standard InChI is InChI=1S/C22H27N3O3/c1-17-9-12-23-20(16-17)24-22(27)18-10-13-25(14-11-18)21(26)8-5-15-28-19-6-3-2-4-7-19/h2-4,6-7,9,12,16,18H,5,8,10-11,13-15H2,1H3,(H,23,24,27). The number of para-hydroxylation sites is 1. The molecule has 1 aliphatic heterocycles. The molecule has 0 saturated carbocycles. The van der Waals surface area contributed by atoms with E-state index in [1.54, 1.807) is 6.20 Å². The molecule has 148 valence electrons. The van der Waals surface area contributed by atoms with Gasteiger partial charge in [-0.25, -0.2) is 4.98 Å². The summed E-state index contributed by atoms with van der Waals surface area (Å²) in [6.07, 6.45) is 4.21. The van der Waals surface area contributed by atoms with E-state index in [4.69, 9.17) is 4.74 Å². The van der Waals surface area contributed by atoms with Crippen molar-refractivity contribution in [2.75, 3.05) is 25.0 Å². The van der Waals surface area contributed by atoms with Crippen molar-refractivity contribution in [3.63, 3.8) is 0 Å². The van der Waals surface area contributed by atoms with E-state index in [9.17, 15) is 9.59 Å². The third-order valence-corrected chi connectivity index (χ3v) is 4.93. The minimum absolute atomic E-state index is 0.0125. The Bertz CT molecular complexity index is 787. The fourth-order valence-electron chi connectivity index (χ4n) is 3.31. The topological polar surface area (TPSA) is 71.5 Å². The van der Waals surface area contributed by atoms with E-state index in [0.717, 1.165) is 11.3 Å². The third-order valence-electron chi connectivity index (χ3n) is 4.93. The summed E-state index contributed by atoms with van der Waals surface area (Å²) in [4.78, 5) is 30.8. The molecule has 0 unspecified atom stereocenters. The monoisotopic (exact) mass is 381 g/mol. The number of piperidine rings is 1. The first kappa shape index (κ1) is 19.9. The molecular formula is C22H27N3O3. The summed E-state index contributed by atoms with van der Waals surface area (Å²) in [5.41, 5.74) is 1.06. The summed E-state index contributed by atoms with van der Waals surface area (Å²) in [7, 11) is 0. The number of aromatic nitrogens is 1. The number of amides is 2. The fraction of sp³-hybridized carbons (Fsp3) is 0.409. The molecule has 1 N–H and O–H groups in total. The van der Waals surface area contributed by atoms with Crippen LogP contribution >= 0.6 is 0 Å². The number of carbonyl (C=O) groups excluding carboxylic acids is 2. The van der Waals surface area contributed by atoms with Gasteiger partial charge in [0.05, 0.1) is 6.61 Å². The molecule has 6 heteroatoms. The molecular weight excluding hydrogens is 354 g/mol. The number of anilines is 1. The molecule has 1 aromatic heterocycles. The van der Waals surface area contributed by atoms with Gasteiger partial charge in [-0.05, 0) is 56.0 Å². The average Bonchev–Trinajstić information content (AvgIpc) is 2.72. The van der Waals surface area contributed by atoms with Crippen LogP contribution in [0.15, 0.2) is 48.7 Å². The van der Waals surface area contributed by atoms with Crippen molar-refractivity contribution in [1.29, 1.82) is 0 Å². The van der Waals surface area contributed by atoms with Crippen molar-refractivity contribution in [3.8, 4) is 5.75 Å². The van der Waals surface area contributed by atoms with E-state index in [1.807, 2.05) is 54.3 Å². The Morgan fingerprint density at radius 1 is 1.18 bits per heavy atom. The van der Waals surface area contributed by atoms with Gasteiger partial charge in [0.2, 0.25) is 11.8 Å². The Hall–Kier alpha value is -2.89. The smallest absolute Gasteiger partial charge is 0.228 e. The summed E-state index contributed by atoms with van der Waals surface area (Å²) >= 11 is 0. The lowest BCUT2D eigenvalue weighted by Crippen LogP contribution is -2.41. The minimum Gasteiger partial charge on any atom is -0.494 e. The molecule has 1 aliphatic rings. The second kappa shape index (κ2) is 9.88. The molecule has 3 rings (SSSR count). The minimum atomic E-state index is -0.0761. The zero-order valence-corrected chi connectivity index (χ0v) is 16.3. The van der Waals surface area contributed by atoms with E-state index in [1.165, 1.54) is 0 Å². The highest BCUT2D eigenvalue weighted by atomic mass is 16.5. The van der Waals surface area contributed by atoms with E-state index in [0.29, 0.717) is 51.2 Å². The van der Waals surface area contributed by atoms with Crippen molar-refractivity contribution < 1.29 is 14.3 Å². The van der Waals surface area contributed by atoms with Crippen LogP contribution in [-0.2, 0) is 9.59 Å². The second-order valence-electron chi connectivity index (χ2n) is 7.13. The summed E-state index contributed by atoms with van der Waals surface area (Å²) in [6, 6.07) is 13.4. The van der Waals surface area contributed by atoms with Gasteiger partial charge in [-0.1, -0.05) is 18.2 Å². The maximum Gasteiger partial charge on any atom is 0.228 e. The Kier molecular flexibility index (Phi) is 7.00. The van der Waals surface area contributed by atoms with Crippen molar-refractivity contribution in [1.82, 2.24) is 9.88 Å². The van der Waals surface area contributed by atoms with Crippen LogP contribution in [0.3, 0.4) is 0 Å². The number of nitrogens with one attached hydrogen (secondary N) is 1. The van der Waals surface area contributed by atoms with Crippen molar-refractivity contribution >= 4 is 17.6 Å². The molecule has 2 heterocycles. The Labute approximate surface area is 165 Å². The normalized spacial score (nSPS) is 14.5. The molecule has 2 aromatic rings. The highest BCUT2D eigenvalue weighted by Crippen LogP contribution is 2.20. The first-order valence-electron chi connectivity index (χ1n) is 9.81. The number of hydrogen-bond donors (Lipinski definition) is 1. The molecule has 0 aliphatic carbocycles. The number of pyridine rings is 1. The van der Waals surface area contributed by atoms with Crippen LogP contribution in [-0.4, -0.2) is 41.4 Å². The van der Waals surface area contributed by atoms with E-state index in [-0.39, 0.29) is 17.7 Å². The van der Waals surface area contributed by atoms with Gasteiger partial charge in [-0.2, -0.15) is 0 Å². The molecule has 0 spiro atoms. The van der Waals surface area contributed by atoms with Gasteiger partial charge in [0.15, 0.2) is 0 Å². The fourth-order valence-corrected chi connectivity index (χ4v) is 3.31. The second-order valence-corrected chi connectivity index (χ2v) is 7.13. The summed E-state index contributed by atoms with van der Waals surface area (Å²) in [5, 5.41) is 2.88.